The minimum atomic E-state index is -0.952. The van der Waals surface area contributed by atoms with Gasteiger partial charge in [0.1, 0.15) is 47.1 Å². The molecule has 0 aliphatic carbocycles. The number of benzene rings is 4. The molecule has 1 aliphatic rings. The van der Waals surface area contributed by atoms with Crippen LogP contribution in [0.15, 0.2) is 102 Å². The molecular weight excluding hydrogens is 523 g/mol. The lowest BCUT2D eigenvalue weighted by Crippen LogP contribution is -2.28. The lowest BCUT2D eigenvalue weighted by Gasteiger charge is -2.27. The Morgan fingerprint density at radius 2 is 1.63 bits per heavy atom. The molecule has 206 valence electrons. The van der Waals surface area contributed by atoms with Crippen LogP contribution in [0, 0.1) is 24.1 Å². The number of nitrogens with zero attached hydrogens (tertiary/aromatic N) is 1. The smallest absolute Gasteiger partial charge is 0.352 e. The number of halogens is 1. The van der Waals surface area contributed by atoms with Crippen LogP contribution in [0.2, 0.25) is 0 Å². The van der Waals surface area contributed by atoms with Crippen LogP contribution in [-0.4, -0.2) is 12.1 Å². The molecule has 0 radical (unpaired) electrons. The van der Waals surface area contributed by atoms with E-state index in [1.807, 2.05) is 55.5 Å². The van der Waals surface area contributed by atoms with Crippen molar-refractivity contribution in [2.75, 3.05) is 0 Å². The van der Waals surface area contributed by atoms with Gasteiger partial charge in [0.25, 0.3) is 0 Å². The molecule has 2 N–H and O–H groups in total. The molecular formula is C33H27FN2O5. The van der Waals surface area contributed by atoms with Gasteiger partial charge in [-0.3, -0.25) is 0 Å². The predicted octanol–water partition coefficient (Wildman–Crippen LogP) is 6.30. The summed E-state index contributed by atoms with van der Waals surface area (Å²) < 4.78 is 35.9. The molecule has 1 heterocycles. The Morgan fingerprint density at radius 1 is 0.976 bits per heavy atom. The van der Waals surface area contributed by atoms with E-state index in [0.29, 0.717) is 29.4 Å². The third kappa shape index (κ3) is 6.31. The maximum Gasteiger partial charge on any atom is 0.352 e. The molecule has 0 bridgehead atoms. The van der Waals surface area contributed by atoms with Gasteiger partial charge in [0.15, 0.2) is 6.10 Å². The van der Waals surface area contributed by atoms with E-state index >= 15 is 0 Å². The van der Waals surface area contributed by atoms with E-state index in [4.69, 9.17) is 24.7 Å². The highest BCUT2D eigenvalue weighted by Crippen LogP contribution is 2.43. The summed E-state index contributed by atoms with van der Waals surface area (Å²) in [5, 5.41) is 9.88. The maximum absolute atomic E-state index is 13.1. The normalized spacial score (nSPS) is 14.7. The monoisotopic (exact) mass is 550 g/mol. The molecule has 0 fully saturated rings. The number of carbonyl (C=O) groups excluding carboxylic acids is 1. The number of ether oxygens (including phenoxy) is 4. The van der Waals surface area contributed by atoms with Crippen LogP contribution >= 0.6 is 0 Å². The van der Waals surface area contributed by atoms with Crippen LogP contribution in [0.25, 0.3) is 0 Å². The standard InChI is InChI=1S/C33H27FN2O5/c1-20-3-5-22(6-4-20)19-38-25-11-7-23(8-12-25)31-28-16-15-27(17-30(28)41-32(36)29(31)18-35)40-33(37)21(2)39-26-13-9-24(34)10-14-26/h3-17,21,31H,19,36H2,1-2H3. The number of fused-ring (bicyclic) bond motifs is 1. The van der Waals surface area contributed by atoms with Crippen molar-refractivity contribution in [1.29, 1.82) is 5.26 Å². The van der Waals surface area contributed by atoms with E-state index < -0.39 is 23.8 Å². The molecule has 0 saturated heterocycles. The van der Waals surface area contributed by atoms with Crippen LogP contribution in [0.3, 0.4) is 0 Å². The summed E-state index contributed by atoms with van der Waals surface area (Å²) in [5.41, 5.74) is 10.2. The van der Waals surface area contributed by atoms with Gasteiger partial charge in [-0.25, -0.2) is 9.18 Å². The Balaban J connectivity index is 1.31. The zero-order valence-corrected chi connectivity index (χ0v) is 22.5. The molecule has 0 amide bonds. The van der Waals surface area contributed by atoms with Gasteiger partial charge in [-0.2, -0.15) is 5.26 Å². The van der Waals surface area contributed by atoms with Crippen molar-refractivity contribution in [3.63, 3.8) is 0 Å². The van der Waals surface area contributed by atoms with Gasteiger partial charge in [-0.15, -0.1) is 0 Å². The Kier molecular flexibility index (Phi) is 7.88. The van der Waals surface area contributed by atoms with Crippen LogP contribution in [0.4, 0.5) is 4.39 Å². The molecule has 0 aromatic heterocycles. The lowest BCUT2D eigenvalue weighted by molar-refractivity contribution is -0.141. The Morgan fingerprint density at radius 3 is 2.32 bits per heavy atom. The second-order valence-corrected chi connectivity index (χ2v) is 9.60. The summed E-state index contributed by atoms with van der Waals surface area (Å²) in [7, 11) is 0. The predicted molar refractivity (Wildman–Crippen MR) is 150 cm³/mol. The van der Waals surface area contributed by atoms with Crippen molar-refractivity contribution in [3.8, 4) is 29.1 Å². The molecule has 4 aromatic carbocycles. The van der Waals surface area contributed by atoms with Crippen molar-refractivity contribution < 1.29 is 28.1 Å². The van der Waals surface area contributed by atoms with E-state index in [1.165, 1.54) is 36.8 Å². The zero-order chi connectivity index (χ0) is 28.9. The lowest BCUT2D eigenvalue weighted by atomic mass is 9.83. The van der Waals surface area contributed by atoms with Crippen molar-refractivity contribution >= 4 is 5.97 Å². The molecule has 8 heteroatoms. The summed E-state index contributed by atoms with van der Waals surface area (Å²) in [6, 6.07) is 28.0. The van der Waals surface area contributed by atoms with Gasteiger partial charge in [0, 0.05) is 11.6 Å². The Hall–Kier alpha value is -5.29. The molecule has 7 nitrogen and oxygen atoms in total. The number of nitrogens with two attached hydrogens (primary N) is 1. The minimum absolute atomic E-state index is 0.0267. The van der Waals surface area contributed by atoms with E-state index in [0.717, 1.165) is 11.1 Å². The number of allylic oxidation sites excluding steroid dienone is 1. The van der Waals surface area contributed by atoms with E-state index in [9.17, 15) is 14.4 Å². The topological polar surface area (TPSA) is 104 Å². The average molecular weight is 551 g/mol. The maximum atomic E-state index is 13.1. The highest BCUT2D eigenvalue weighted by Gasteiger charge is 2.31. The third-order valence-corrected chi connectivity index (χ3v) is 6.61. The van der Waals surface area contributed by atoms with Crippen molar-refractivity contribution in [2.45, 2.75) is 32.5 Å². The highest BCUT2D eigenvalue weighted by atomic mass is 19.1. The van der Waals surface area contributed by atoms with Gasteiger partial charge < -0.3 is 24.7 Å². The van der Waals surface area contributed by atoms with Crippen molar-refractivity contribution in [2.24, 2.45) is 5.73 Å². The molecule has 41 heavy (non-hydrogen) atoms. The van der Waals surface area contributed by atoms with Crippen LogP contribution in [0.1, 0.15) is 35.1 Å². The van der Waals surface area contributed by atoms with E-state index in [2.05, 4.69) is 6.07 Å². The first kappa shape index (κ1) is 27.3. The fourth-order valence-electron chi connectivity index (χ4n) is 4.41. The summed E-state index contributed by atoms with van der Waals surface area (Å²) >= 11 is 0. The van der Waals surface area contributed by atoms with Gasteiger partial charge >= 0.3 is 5.97 Å². The highest BCUT2D eigenvalue weighted by molar-refractivity contribution is 5.77. The summed E-state index contributed by atoms with van der Waals surface area (Å²) in [4.78, 5) is 12.6. The first-order valence-electron chi connectivity index (χ1n) is 12.9. The number of aryl methyl sites for hydroxylation is 1. The quantitative estimate of drug-likeness (QED) is 0.203. The first-order chi connectivity index (χ1) is 19.8. The van der Waals surface area contributed by atoms with Gasteiger partial charge in [-0.1, -0.05) is 48.0 Å². The SMILES string of the molecule is Cc1ccc(COc2ccc(C3C(C#N)=C(N)Oc4cc(OC(=O)C(C)Oc5ccc(F)cc5)ccc43)cc2)cc1. The van der Waals surface area contributed by atoms with Gasteiger partial charge in [0.05, 0.1) is 5.92 Å². The van der Waals surface area contributed by atoms with Crippen LogP contribution in [0.5, 0.6) is 23.0 Å². The fourth-order valence-corrected chi connectivity index (χ4v) is 4.41. The molecule has 1 aliphatic heterocycles. The molecule has 2 atom stereocenters. The minimum Gasteiger partial charge on any atom is -0.489 e. The summed E-state index contributed by atoms with van der Waals surface area (Å²) in [6.45, 7) is 4.01. The Labute approximate surface area is 237 Å². The zero-order valence-electron chi connectivity index (χ0n) is 22.5. The van der Waals surface area contributed by atoms with Crippen molar-refractivity contribution in [1.82, 2.24) is 0 Å². The number of hydrogen-bond acceptors (Lipinski definition) is 7. The molecule has 4 aromatic rings. The number of rotatable bonds is 8. The van der Waals surface area contributed by atoms with E-state index in [1.54, 1.807) is 18.2 Å². The third-order valence-electron chi connectivity index (χ3n) is 6.61. The molecule has 2 unspecified atom stereocenters. The van der Waals surface area contributed by atoms with Crippen LogP contribution < -0.4 is 24.7 Å². The largest absolute Gasteiger partial charge is 0.489 e. The summed E-state index contributed by atoms with van der Waals surface area (Å²) in [6.07, 6.45) is -0.952. The molecule has 0 saturated carbocycles. The molecule has 5 rings (SSSR count). The van der Waals surface area contributed by atoms with Gasteiger partial charge in [-0.05, 0) is 67.4 Å². The fraction of sp³-hybridized carbons (Fsp3) is 0.152. The average Bonchev–Trinajstić information content (AvgIpc) is 2.97. The number of esters is 1. The molecule has 0 spiro atoms. The number of hydrogen-bond donors (Lipinski definition) is 1. The second kappa shape index (κ2) is 11.8. The second-order valence-electron chi connectivity index (χ2n) is 9.60. The van der Waals surface area contributed by atoms with Crippen LogP contribution in [-0.2, 0) is 11.4 Å². The van der Waals surface area contributed by atoms with Crippen molar-refractivity contribution in [3.05, 3.63) is 131 Å². The number of carbonyl (C=O) groups is 1. The first-order valence-corrected chi connectivity index (χ1v) is 12.9. The van der Waals surface area contributed by atoms with E-state index in [-0.39, 0.29) is 17.2 Å². The summed E-state index contributed by atoms with van der Waals surface area (Å²) in [5.74, 6) is 0.0388. The van der Waals surface area contributed by atoms with Gasteiger partial charge in [0.2, 0.25) is 5.88 Å². The Bertz CT molecular complexity index is 1620. The number of nitriles is 1.